The minimum Gasteiger partial charge on any atom is -0.377 e. The summed E-state index contributed by atoms with van der Waals surface area (Å²) < 4.78 is 5.54. The van der Waals surface area contributed by atoms with E-state index in [1.165, 1.54) is 32.1 Å². The van der Waals surface area contributed by atoms with Gasteiger partial charge in [0.2, 0.25) is 0 Å². The summed E-state index contributed by atoms with van der Waals surface area (Å²) in [5, 5.41) is 3.52. The molecule has 76 valence electrons. The van der Waals surface area contributed by atoms with E-state index in [1.807, 2.05) is 0 Å². The Morgan fingerprint density at radius 1 is 1.23 bits per heavy atom. The first-order valence-electron chi connectivity index (χ1n) is 5.47. The van der Waals surface area contributed by atoms with Crippen LogP contribution in [-0.2, 0) is 4.74 Å². The Hall–Kier alpha value is -0.120. The zero-order valence-corrected chi connectivity index (χ0v) is 8.17. The number of hydrogen-bond donors (Lipinski definition) is 2. The second kappa shape index (κ2) is 4.40. The van der Waals surface area contributed by atoms with E-state index >= 15 is 0 Å². The van der Waals surface area contributed by atoms with Gasteiger partial charge in [-0.05, 0) is 25.7 Å². The average molecular weight is 184 g/mol. The van der Waals surface area contributed by atoms with Crippen LogP contribution in [0, 0.1) is 0 Å². The molecule has 0 aromatic carbocycles. The van der Waals surface area contributed by atoms with E-state index in [0.29, 0.717) is 18.2 Å². The van der Waals surface area contributed by atoms with E-state index in [4.69, 9.17) is 10.5 Å². The van der Waals surface area contributed by atoms with E-state index in [-0.39, 0.29) is 0 Å². The molecule has 2 rings (SSSR count). The Morgan fingerprint density at radius 3 is 2.77 bits per heavy atom. The molecular formula is C10H20N2O. The number of nitrogens with two attached hydrogens (primary N) is 1. The van der Waals surface area contributed by atoms with Crippen molar-refractivity contribution in [2.45, 2.75) is 50.3 Å². The van der Waals surface area contributed by atoms with Crippen molar-refractivity contribution in [2.24, 2.45) is 5.73 Å². The Labute approximate surface area is 80.0 Å². The van der Waals surface area contributed by atoms with Crippen LogP contribution in [0.5, 0.6) is 0 Å². The number of ether oxygens (including phenoxy) is 1. The maximum atomic E-state index is 5.96. The molecule has 2 fully saturated rings. The van der Waals surface area contributed by atoms with Crippen LogP contribution in [0.15, 0.2) is 0 Å². The van der Waals surface area contributed by atoms with Gasteiger partial charge in [0.05, 0.1) is 6.10 Å². The molecule has 0 amide bonds. The molecular weight excluding hydrogens is 164 g/mol. The van der Waals surface area contributed by atoms with Crippen molar-refractivity contribution in [3.05, 3.63) is 0 Å². The Bertz CT molecular complexity index is 157. The van der Waals surface area contributed by atoms with E-state index in [2.05, 4.69) is 5.32 Å². The fourth-order valence-corrected chi connectivity index (χ4v) is 2.33. The van der Waals surface area contributed by atoms with Gasteiger partial charge in [-0.3, -0.25) is 0 Å². The predicted molar refractivity (Wildman–Crippen MR) is 52.6 cm³/mol. The first-order valence-corrected chi connectivity index (χ1v) is 5.47. The molecule has 0 aromatic heterocycles. The summed E-state index contributed by atoms with van der Waals surface area (Å²) in [6.07, 6.45) is 6.60. The van der Waals surface area contributed by atoms with Gasteiger partial charge in [0.1, 0.15) is 0 Å². The highest BCUT2D eigenvalue weighted by Gasteiger charge is 2.24. The molecule has 1 aliphatic heterocycles. The molecule has 0 spiro atoms. The predicted octanol–water partition coefficient (Wildman–Crippen LogP) is 0.635. The van der Waals surface area contributed by atoms with Gasteiger partial charge in [0, 0.05) is 25.2 Å². The Morgan fingerprint density at radius 2 is 2.15 bits per heavy atom. The molecule has 1 heterocycles. The summed E-state index contributed by atoms with van der Waals surface area (Å²) in [6, 6.07) is 0.922. The maximum absolute atomic E-state index is 5.96. The van der Waals surface area contributed by atoms with Crippen molar-refractivity contribution in [3.8, 4) is 0 Å². The SMILES string of the molecule is N[C@@H]1CCC[C@H]1NC[C@@H]1CCCO1. The molecule has 3 heteroatoms. The van der Waals surface area contributed by atoms with Crippen LogP contribution in [0.1, 0.15) is 32.1 Å². The third-order valence-corrected chi connectivity index (χ3v) is 3.20. The van der Waals surface area contributed by atoms with Crippen molar-refractivity contribution in [3.63, 3.8) is 0 Å². The van der Waals surface area contributed by atoms with E-state index in [0.717, 1.165) is 13.2 Å². The first-order chi connectivity index (χ1) is 6.36. The smallest absolute Gasteiger partial charge is 0.0700 e. The zero-order chi connectivity index (χ0) is 9.10. The van der Waals surface area contributed by atoms with Crippen molar-refractivity contribution in [1.29, 1.82) is 0 Å². The average Bonchev–Trinajstić information content (AvgIpc) is 2.72. The molecule has 0 aromatic rings. The molecule has 0 radical (unpaired) electrons. The summed E-state index contributed by atoms with van der Waals surface area (Å²) in [5.74, 6) is 0. The van der Waals surface area contributed by atoms with Crippen LogP contribution in [0.3, 0.4) is 0 Å². The summed E-state index contributed by atoms with van der Waals surface area (Å²) >= 11 is 0. The fraction of sp³-hybridized carbons (Fsp3) is 1.00. The van der Waals surface area contributed by atoms with Crippen molar-refractivity contribution in [1.82, 2.24) is 5.32 Å². The molecule has 2 aliphatic rings. The van der Waals surface area contributed by atoms with Crippen molar-refractivity contribution < 1.29 is 4.74 Å². The minimum atomic E-state index is 0.376. The number of hydrogen-bond acceptors (Lipinski definition) is 3. The van der Waals surface area contributed by atoms with Crippen molar-refractivity contribution in [2.75, 3.05) is 13.2 Å². The molecule has 1 saturated heterocycles. The largest absolute Gasteiger partial charge is 0.377 e. The van der Waals surface area contributed by atoms with Gasteiger partial charge < -0.3 is 15.8 Å². The van der Waals surface area contributed by atoms with E-state index < -0.39 is 0 Å². The molecule has 0 unspecified atom stereocenters. The molecule has 13 heavy (non-hydrogen) atoms. The molecule has 1 saturated carbocycles. The van der Waals surface area contributed by atoms with Crippen LogP contribution in [0.2, 0.25) is 0 Å². The lowest BCUT2D eigenvalue weighted by atomic mass is 10.1. The lowest BCUT2D eigenvalue weighted by molar-refractivity contribution is 0.107. The number of rotatable bonds is 3. The quantitative estimate of drug-likeness (QED) is 0.676. The standard InChI is InChI=1S/C10H20N2O/c11-9-4-1-5-10(9)12-7-8-3-2-6-13-8/h8-10,12H,1-7,11H2/t8-,9+,10+/m0/s1. The van der Waals surface area contributed by atoms with Gasteiger partial charge in [-0.25, -0.2) is 0 Å². The maximum Gasteiger partial charge on any atom is 0.0700 e. The van der Waals surface area contributed by atoms with Gasteiger partial charge in [0.15, 0.2) is 0 Å². The highest BCUT2D eigenvalue weighted by Crippen LogP contribution is 2.18. The van der Waals surface area contributed by atoms with Crippen molar-refractivity contribution >= 4 is 0 Å². The van der Waals surface area contributed by atoms with Crippen LogP contribution in [-0.4, -0.2) is 31.3 Å². The molecule has 3 atom stereocenters. The Kier molecular flexibility index (Phi) is 3.19. The number of nitrogens with one attached hydrogen (secondary N) is 1. The summed E-state index contributed by atoms with van der Waals surface area (Å²) in [6.45, 7) is 1.95. The summed E-state index contributed by atoms with van der Waals surface area (Å²) in [5.41, 5.74) is 5.96. The lowest BCUT2D eigenvalue weighted by Crippen LogP contribution is -2.43. The first kappa shape index (κ1) is 9.44. The highest BCUT2D eigenvalue weighted by atomic mass is 16.5. The fourth-order valence-electron chi connectivity index (χ4n) is 2.33. The normalized spacial score (nSPS) is 39.9. The molecule has 0 bridgehead atoms. The third kappa shape index (κ3) is 2.42. The van der Waals surface area contributed by atoms with Gasteiger partial charge in [-0.1, -0.05) is 6.42 Å². The molecule has 3 N–H and O–H groups in total. The van der Waals surface area contributed by atoms with Crippen LogP contribution in [0.4, 0.5) is 0 Å². The molecule has 3 nitrogen and oxygen atoms in total. The topological polar surface area (TPSA) is 47.3 Å². The van der Waals surface area contributed by atoms with Crippen LogP contribution < -0.4 is 11.1 Å². The van der Waals surface area contributed by atoms with Crippen LogP contribution >= 0.6 is 0 Å². The van der Waals surface area contributed by atoms with E-state index in [9.17, 15) is 0 Å². The summed E-state index contributed by atoms with van der Waals surface area (Å²) in [7, 11) is 0. The molecule has 1 aliphatic carbocycles. The highest BCUT2D eigenvalue weighted by molar-refractivity contribution is 4.86. The van der Waals surface area contributed by atoms with Crippen LogP contribution in [0.25, 0.3) is 0 Å². The third-order valence-electron chi connectivity index (χ3n) is 3.20. The second-order valence-corrected chi connectivity index (χ2v) is 4.24. The lowest BCUT2D eigenvalue weighted by Gasteiger charge is -2.19. The monoisotopic (exact) mass is 184 g/mol. The summed E-state index contributed by atoms with van der Waals surface area (Å²) in [4.78, 5) is 0. The minimum absolute atomic E-state index is 0.376. The van der Waals surface area contributed by atoms with Gasteiger partial charge >= 0.3 is 0 Å². The van der Waals surface area contributed by atoms with Gasteiger partial charge in [-0.2, -0.15) is 0 Å². The Balaban J connectivity index is 1.66. The van der Waals surface area contributed by atoms with Gasteiger partial charge in [-0.15, -0.1) is 0 Å². The second-order valence-electron chi connectivity index (χ2n) is 4.24. The van der Waals surface area contributed by atoms with Gasteiger partial charge in [0.25, 0.3) is 0 Å². The van der Waals surface area contributed by atoms with E-state index in [1.54, 1.807) is 0 Å². The zero-order valence-electron chi connectivity index (χ0n) is 8.17.